The fraction of sp³-hybridized carbons (Fsp3) is 0.333. The third-order valence-electron chi connectivity index (χ3n) is 2.80. The zero-order valence-electron chi connectivity index (χ0n) is 11.0. The van der Waals surface area contributed by atoms with E-state index in [1.54, 1.807) is 19.9 Å². The van der Waals surface area contributed by atoms with Crippen LogP contribution in [0.25, 0.3) is 5.95 Å². The summed E-state index contributed by atoms with van der Waals surface area (Å²) in [5.74, 6) is 0.747. The van der Waals surface area contributed by atoms with Crippen LogP contribution in [-0.4, -0.2) is 26.2 Å². The van der Waals surface area contributed by atoms with Crippen molar-refractivity contribution in [3.8, 4) is 5.95 Å². The number of hydrogen-bond donors (Lipinski definition) is 2. The molecule has 1 amide bonds. The van der Waals surface area contributed by atoms with Gasteiger partial charge in [-0.1, -0.05) is 6.92 Å². The molecule has 0 saturated heterocycles. The predicted octanol–water partition coefficient (Wildman–Crippen LogP) is 0.703. The summed E-state index contributed by atoms with van der Waals surface area (Å²) in [5.41, 5.74) is 1.84. The van der Waals surface area contributed by atoms with E-state index in [1.165, 1.54) is 4.68 Å². The summed E-state index contributed by atoms with van der Waals surface area (Å²) in [5, 5.41) is 6.72. The number of hydrogen-bond acceptors (Lipinski definition) is 4. The summed E-state index contributed by atoms with van der Waals surface area (Å²) in [7, 11) is 0. The van der Waals surface area contributed by atoms with Crippen molar-refractivity contribution in [3.05, 3.63) is 33.4 Å². The van der Waals surface area contributed by atoms with E-state index in [2.05, 4.69) is 20.4 Å². The van der Waals surface area contributed by atoms with Gasteiger partial charge in [-0.2, -0.15) is 9.78 Å². The number of rotatable bonds is 4. The first kappa shape index (κ1) is 13.0. The summed E-state index contributed by atoms with van der Waals surface area (Å²) in [6.07, 6.45) is 1.17. The van der Waals surface area contributed by atoms with Gasteiger partial charge in [0.15, 0.2) is 0 Å². The molecule has 19 heavy (non-hydrogen) atoms. The maximum absolute atomic E-state index is 11.9. The Bertz CT molecular complexity index is 671. The highest BCUT2D eigenvalue weighted by Gasteiger charge is 2.12. The topological polar surface area (TPSA) is 92.7 Å². The fourth-order valence-corrected chi connectivity index (χ4v) is 1.94. The van der Waals surface area contributed by atoms with E-state index < -0.39 is 0 Å². The second-order valence-corrected chi connectivity index (χ2v) is 4.15. The standard InChI is InChI=1S/C12H15N5O2/c1-4-9-8(3)14-12(15-11(9)19)17-10(13-6-18)5-7(2)16-17/h5-6H,4H2,1-3H3,(H,13,18)(H,14,15,19). The van der Waals surface area contributed by atoms with Crippen LogP contribution in [-0.2, 0) is 11.2 Å². The molecule has 0 fully saturated rings. The Hall–Kier alpha value is -2.44. The monoisotopic (exact) mass is 261 g/mol. The van der Waals surface area contributed by atoms with Gasteiger partial charge in [0.05, 0.1) is 5.69 Å². The highest BCUT2D eigenvalue weighted by molar-refractivity contribution is 5.69. The predicted molar refractivity (Wildman–Crippen MR) is 70.5 cm³/mol. The first-order valence-corrected chi connectivity index (χ1v) is 5.93. The van der Waals surface area contributed by atoms with Gasteiger partial charge in [-0.3, -0.25) is 14.6 Å². The van der Waals surface area contributed by atoms with Gasteiger partial charge in [-0.05, 0) is 20.3 Å². The van der Waals surface area contributed by atoms with Crippen LogP contribution in [0.5, 0.6) is 0 Å². The van der Waals surface area contributed by atoms with Crippen LogP contribution in [0, 0.1) is 13.8 Å². The van der Waals surface area contributed by atoms with E-state index in [-0.39, 0.29) is 11.5 Å². The molecule has 0 aliphatic rings. The maximum atomic E-state index is 11.9. The summed E-state index contributed by atoms with van der Waals surface area (Å²) >= 11 is 0. The van der Waals surface area contributed by atoms with Crippen LogP contribution in [0.1, 0.15) is 23.9 Å². The van der Waals surface area contributed by atoms with E-state index in [4.69, 9.17) is 0 Å². The molecule has 7 nitrogen and oxygen atoms in total. The largest absolute Gasteiger partial charge is 0.313 e. The van der Waals surface area contributed by atoms with E-state index in [0.717, 1.165) is 0 Å². The minimum Gasteiger partial charge on any atom is -0.313 e. The Balaban J connectivity index is 2.59. The van der Waals surface area contributed by atoms with Gasteiger partial charge < -0.3 is 5.32 Å². The SMILES string of the molecule is CCc1c(C)nc(-n2nc(C)cc2NC=O)[nH]c1=O. The molecule has 0 radical (unpaired) electrons. The smallest absolute Gasteiger partial charge is 0.255 e. The van der Waals surface area contributed by atoms with Crippen LogP contribution < -0.4 is 10.9 Å². The number of carbonyl (C=O) groups excluding carboxylic acids is 1. The Morgan fingerprint density at radius 3 is 2.79 bits per heavy atom. The van der Waals surface area contributed by atoms with E-state index in [0.29, 0.717) is 35.6 Å². The average Bonchev–Trinajstić information content (AvgIpc) is 2.70. The summed E-state index contributed by atoms with van der Waals surface area (Å²) < 4.78 is 1.40. The lowest BCUT2D eigenvalue weighted by atomic mass is 10.2. The van der Waals surface area contributed by atoms with Crippen LogP contribution in [0.3, 0.4) is 0 Å². The normalized spacial score (nSPS) is 10.5. The van der Waals surface area contributed by atoms with Gasteiger partial charge in [0, 0.05) is 17.3 Å². The molecule has 0 bridgehead atoms. The number of nitrogens with zero attached hydrogens (tertiary/aromatic N) is 3. The van der Waals surface area contributed by atoms with Crippen molar-refractivity contribution in [2.45, 2.75) is 27.2 Å². The summed E-state index contributed by atoms with van der Waals surface area (Å²) in [6.45, 7) is 5.47. The zero-order valence-corrected chi connectivity index (χ0v) is 11.0. The van der Waals surface area contributed by atoms with Crippen molar-refractivity contribution >= 4 is 12.2 Å². The minimum absolute atomic E-state index is 0.185. The van der Waals surface area contributed by atoms with E-state index in [1.807, 2.05) is 6.92 Å². The first-order valence-electron chi connectivity index (χ1n) is 5.93. The van der Waals surface area contributed by atoms with Crippen LogP contribution in [0.2, 0.25) is 0 Å². The Kier molecular flexibility index (Phi) is 3.46. The van der Waals surface area contributed by atoms with Crippen LogP contribution in [0.4, 0.5) is 5.82 Å². The average molecular weight is 261 g/mol. The van der Waals surface area contributed by atoms with Crippen molar-refractivity contribution in [3.63, 3.8) is 0 Å². The van der Waals surface area contributed by atoms with Crippen molar-refractivity contribution in [1.82, 2.24) is 19.7 Å². The van der Waals surface area contributed by atoms with Gasteiger partial charge in [0.2, 0.25) is 12.4 Å². The van der Waals surface area contributed by atoms with Gasteiger partial charge in [-0.25, -0.2) is 4.98 Å². The molecule has 0 aliphatic carbocycles. The number of H-pyrrole nitrogens is 1. The highest BCUT2D eigenvalue weighted by Crippen LogP contribution is 2.13. The first-order chi connectivity index (χ1) is 9.06. The molecule has 2 aromatic heterocycles. The Labute approximate surface area is 109 Å². The molecule has 2 N–H and O–H groups in total. The van der Waals surface area contributed by atoms with Crippen LogP contribution in [0.15, 0.2) is 10.9 Å². The van der Waals surface area contributed by atoms with Gasteiger partial charge >= 0.3 is 0 Å². The van der Waals surface area contributed by atoms with Gasteiger partial charge in [-0.15, -0.1) is 0 Å². The maximum Gasteiger partial charge on any atom is 0.255 e. The number of aromatic nitrogens is 4. The molecule has 0 spiro atoms. The third-order valence-corrected chi connectivity index (χ3v) is 2.80. The molecular weight excluding hydrogens is 246 g/mol. The zero-order chi connectivity index (χ0) is 14.0. The molecule has 2 rings (SSSR count). The van der Waals surface area contributed by atoms with E-state index >= 15 is 0 Å². The molecule has 0 aliphatic heterocycles. The van der Waals surface area contributed by atoms with Crippen molar-refractivity contribution in [2.24, 2.45) is 0 Å². The summed E-state index contributed by atoms with van der Waals surface area (Å²) in [4.78, 5) is 29.5. The molecule has 2 aromatic rings. The lowest BCUT2D eigenvalue weighted by Gasteiger charge is -2.07. The highest BCUT2D eigenvalue weighted by atomic mass is 16.1. The third kappa shape index (κ3) is 2.40. The Morgan fingerprint density at radius 2 is 2.21 bits per heavy atom. The molecule has 0 saturated carbocycles. The number of aryl methyl sites for hydroxylation is 2. The summed E-state index contributed by atoms with van der Waals surface area (Å²) in [6, 6.07) is 1.69. The molecule has 0 atom stereocenters. The van der Waals surface area contributed by atoms with Crippen molar-refractivity contribution in [2.75, 3.05) is 5.32 Å². The van der Waals surface area contributed by atoms with Gasteiger partial charge in [0.25, 0.3) is 5.56 Å². The van der Waals surface area contributed by atoms with Crippen LogP contribution >= 0.6 is 0 Å². The van der Waals surface area contributed by atoms with Gasteiger partial charge in [0.1, 0.15) is 5.82 Å². The molecular formula is C12H15N5O2. The Morgan fingerprint density at radius 1 is 1.47 bits per heavy atom. The molecule has 2 heterocycles. The number of nitrogens with one attached hydrogen (secondary N) is 2. The van der Waals surface area contributed by atoms with E-state index in [9.17, 15) is 9.59 Å². The second-order valence-electron chi connectivity index (χ2n) is 4.15. The number of anilines is 1. The fourth-order valence-electron chi connectivity index (χ4n) is 1.94. The molecule has 0 unspecified atom stereocenters. The minimum atomic E-state index is -0.185. The number of amides is 1. The number of carbonyl (C=O) groups is 1. The van der Waals surface area contributed by atoms with Crippen molar-refractivity contribution < 1.29 is 4.79 Å². The molecule has 100 valence electrons. The quantitative estimate of drug-likeness (QED) is 0.792. The second kappa shape index (κ2) is 5.05. The lowest BCUT2D eigenvalue weighted by molar-refractivity contribution is -0.105. The lowest BCUT2D eigenvalue weighted by Crippen LogP contribution is -2.20. The number of aromatic amines is 1. The molecule has 7 heteroatoms. The van der Waals surface area contributed by atoms with Crippen molar-refractivity contribution in [1.29, 1.82) is 0 Å². The molecule has 0 aromatic carbocycles.